The molecular formula is C26H46O5S. The van der Waals surface area contributed by atoms with Crippen molar-refractivity contribution in [1.29, 1.82) is 0 Å². The molecule has 6 heteroatoms. The third-order valence-electron chi connectivity index (χ3n) is 6.53. The van der Waals surface area contributed by atoms with Crippen LogP contribution in [0.15, 0.2) is 11.6 Å². The largest absolute Gasteiger partial charge is 0.481 e. The molecule has 0 aromatic heterocycles. The third kappa shape index (κ3) is 13.5. The first kappa shape index (κ1) is 29.0. The highest BCUT2D eigenvalue weighted by Crippen LogP contribution is 2.39. The Labute approximate surface area is 199 Å². The number of rotatable bonds is 19. The van der Waals surface area contributed by atoms with Crippen molar-refractivity contribution in [2.45, 2.75) is 127 Å². The molecular weight excluding hydrogens is 424 g/mol. The predicted octanol–water partition coefficient (Wildman–Crippen LogP) is 6.83. The second-order valence-corrected chi connectivity index (χ2v) is 10.4. The van der Waals surface area contributed by atoms with Crippen LogP contribution in [0.3, 0.4) is 0 Å². The maximum Gasteiger partial charge on any atom is 0.313 e. The average Bonchev–Trinajstić information content (AvgIpc) is 2.75. The van der Waals surface area contributed by atoms with Crippen LogP contribution in [-0.4, -0.2) is 44.4 Å². The van der Waals surface area contributed by atoms with Gasteiger partial charge in [-0.25, -0.2) is 0 Å². The molecule has 0 aromatic carbocycles. The maximum absolute atomic E-state index is 11.1. The summed E-state index contributed by atoms with van der Waals surface area (Å²) in [4.78, 5) is 21.8. The molecule has 0 saturated heterocycles. The molecule has 0 spiro atoms. The molecule has 0 aliphatic heterocycles. The van der Waals surface area contributed by atoms with Crippen molar-refractivity contribution in [1.82, 2.24) is 0 Å². The van der Waals surface area contributed by atoms with E-state index in [-0.39, 0.29) is 23.3 Å². The monoisotopic (exact) mass is 470 g/mol. The highest BCUT2D eigenvalue weighted by molar-refractivity contribution is 8.00. The lowest BCUT2D eigenvalue weighted by Gasteiger charge is -2.36. The number of carboxylic acids is 2. The average molecular weight is 471 g/mol. The Morgan fingerprint density at radius 1 is 0.906 bits per heavy atom. The molecule has 1 fully saturated rings. The van der Waals surface area contributed by atoms with Crippen LogP contribution < -0.4 is 0 Å². The summed E-state index contributed by atoms with van der Waals surface area (Å²) >= 11 is 1.32. The second-order valence-electron chi connectivity index (χ2n) is 9.30. The van der Waals surface area contributed by atoms with Gasteiger partial charge in [-0.2, -0.15) is 0 Å². The van der Waals surface area contributed by atoms with Crippen LogP contribution in [0.1, 0.15) is 116 Å². The van der Waals surface area contributed by atoms with Crippen LogP contribution >= 0.6 is 11.8 Å². The zero-order valence-corrected chi connectivity index (χ0v) is 20.9. The maximum atomic E-state index is 11.1. The number of aliphatic hydroxyl groups is 1. The Kier molecular flexibility index (Phi) is 16.7. The normalized spacial score (nSPS) is 22.3. The lowest BCUT2D eigenvalue weighted by atomic mass is 9.80. The molecule has 186 valence electrons. The van der Waals surface area contributed by atoms with E-state index in [1.54, 1.807) is 0 Å². The number of aliphatic carboxylic acids is 2. The summed E-state index contributed by atoms with van der Waals surface area (Å²) in [5.41, 5.74) is 1.19. The molecule has 0 unspecified atom stereocenters. The van der Waals surface area contributed by atoms with Crippen molar-refractivity contribution >= 4 is 23.7 Å². The highest BCUT2D eigenvalue weighted by Gasteiger charge is 2.35. The van der Waals surface area contributed by atoms with E-state index in [0.717, 1.165) is 25.7 Å². The molecule has 1 aliphatic rings. The molecule has 0 heterocycles. The first-order valence-corrected chi connectivity index (χ1v) is 13.9. The van der Waals surface area contributed by atoms with Gasteiger partial charge in [0, 0.05) is 6.42 Å². The van der Waals surface area contributed by atoms with E-state index in [2.05, 4.69) is 13.0 Å². The van der Waals surface area contributed by atoms with Gasteiger partial charge in [0.1, 0.15) is 0 Å². The molecule has 0 aromatic rings. The molecule has 1 saturated carbocycles. The molecule has 1 aliphatic carbocycles. The van der Waals surface area contributed by atoms with Gasteiger partial charge in [-0.15, -0.1) is 11.8 Å². The number of hydrogen-bond acceptors (Lipinski definition) is 4. The summed E-state index contributed by atoms with van der Waals surface area (Å²) in [6.45, 7) is 2.25. The summed E-state index contributed by atoms with van der Waals surface area (Å²) in [6.07, 6.45) is 20.2. The summed E-state index contributed by atoms with van der Waals surface area (Å²) in [6, 6.07) is 0. The first-order valence-electron chi connectivity index (χ1n) is 12.9. The standard InChI is InChI=1S/C26H46O5S/c1-2-3-4-5-6-7-8-9-10-11-12-13-15-22-19-18-21(16-14-17-23(27)28)25(31)26(22)32-20-24(29)30/h15,21,25-26,31H,2-14,16-20H2,1H3,(H,27,28)(H,29,30)/b22-15+/t21-,25+,26+/m0/s1. The fourth-order valence-corrected chi connectivity index (χ4v) is 5.81. The lowest BCUT2D eigenvalue weighted by Crippen LogP contribution is -2.38. The number of aliphatic hydroxyl groups excluding tert-OH is 1. The fourth-order valence-electron chi connectivity index (χ4n) is 4.64. The zero-order valence-electron chi connectivity index (χ0n) is 20.1. The van der Waals surface area contributed by atoms with Crippen LogP contribution in [0.5, 0.6) is 0 Å². The van der Waals surface area contributed by atoms with Crippen molar-refractivity contribution in [3.8, 4) is 0 Å². The van der Waals surface area contributed by atoms with Crippen molar-refractivity contribution < 1.29 is 24.9 Å². The Balaban J connectivity index is 2.33. The van der Waals surface area contributed by atoms with E-state index in [0.29, 0.717) is 12.8 Å². The molecule has 5 nitrogen and oxygen atoms in total. The summed E-state index contributed by atoms with van der Waals surface area (Å²) in [5, 5.41) is 28.6. The van der Waals surface area contributed by atoms with Gasteiger partial charge in [0.2, 0.25) is 0 Å². The Bertz CT molecular complexity index is 548. The second kappa shape index (κ2) is 18.4. The highest BCUT2D eigenvalue weighted by atomic mass is 32.2. The minimum atomic E-state index is -0.861. The summed E-state index contributed by atoms with van der Waals surface area (Å²) in [5.74, 6) is -1.63. The Morgan fingerprint density at radius 2 is 1.50 bits per heavy atom. The third-order valence-corrected chi connectivity index (χ3v) is 7.88. The zero-order chi connectivity index (χ0) is 23.6. The van der Waals surface area contributed by atoms with E-state index in [1.807, 2.05) is 0 Å². The van der Waals surface area contributed by atoms with E-state index in [4.69, 9.17) is 10.2 Å². The summed E-state index contributed by atoms with van der Waals surface area (Å²) < 4.78 is 0. The Morgan fingerprint density at radius 3 is 2.06 bits per heavy atom. The minimum absolute atomic E-state index is 0.0145. The van der Waals surface area contributed by atoms with Gasteiger partial charge in [0.25, 0.3) is 0 Å². The van der Waals surface area contributed by atoms with Crippen molar-refractivity contribution in [2.75, 3.05) is 5.75 Å². The topological polar surface area (TPSA) is 94.8 Å². The molecule has 32 heavy (non-hydrogen) atoms. The van der Waals surface area contributed by atoms with Gasteiger partial charge in [0.15, 0.2) is 0 Å². The van der Waals surface area contributed by atoms with Crippen molar-refractivity contribution in [3.05, 3.63) is 11.6 Å². The van der Waals surface area contributed by atoms with E-state index in [1.165, 1.54) is 81.5 Å². The van der Waals surface area contributed by atoms with E-state index in [9.17, 15) is 14.7 Å². The number of unbranched alkanes of at least 4 members (excludes halogenated alkanes) is 11. The number of hydrogen-bond donors (Lipinski definition) is 3. The van der Waals surface area contributed by atoms with Gasteiger partial charge >= 0.3 is 11.9 Å². The number of carbonyl (C=O) groups is 2. The van der Waals surface area contributed by atoms with E-state index < -0.39 is 18.0 Å². The SMILES string of the molecule is CCCCCCCCCCCCC/C=C1\CC[C@H](CCCC(=O)O)[C@@H](O)[C@@H]1SCC(=O)O. The molecule has 3 N–H and O–H groups in total. The molecule has 0 bridgehead atoms. The summed E-state index contributed by atoms with van der Waals surface area (Å²) in [7, 11) is 0. The van der Waals surface area contributed by atoms with Gasteiger partial charge in [-0.3, -0.25) is 9.59 Å². The van der Waals surface area contributed by atoms with Crippen LogP contribution in [0.4, 0.5) is 0 Å². The van der Waals surface area contributed by atoms with Crippen LogP contribution in [0, 0.1) is 5.92 Å². The number of allylic oxidation sites excluding steroid dienone is 1. The van der Waals surface area contributed by atoms with Gasteiger partial charge < -0.3 is 15.3 Å². The van der Waals surface area contributed by atoms with Gasteiger partial charge in [-0.05, 0) is 44.4 Å². The quantitative estimate of drug-likeness (QED) is 0.141. The number of thioether (sulfide) groups is 1. The molecule has 0 amide bonds. The molecule has 3 atom stereocenters. The molecule has 1 rings (SSSR count). The predicted molar refractivity (Wildman–Crippen MR) is 133 cm³/mol. The molecule has 0 radical (unpaired) electrons. The van der Waals surface area contributed by atoms with Crippen molar-refractivity contribution in [2.24, 2.45) is 5.92 Å². The van der Waals surface area contributed by atoms with Crippen LogP contribution in [0.2, 0.25) is 0 Å². The smallest absolute Gasteiger partial charge is 0.313 e. The van der Waals surface area contributed by atoms with Gasteiger partial charge in [0.05, 0.1) is 17.1 Å². The lowest BCUT2D eigenvalue weighted by molar-refractivity contribution is -0.137. The van der Waals surface area contributed by atoms with Crippen molar-refractivity contribution in [3.63, 3.8) is 0 Å². The Hall–Kier alpha value is -1.01. The van der Waals surface area contributed by atoms with E-state index >= 15 is 0 Å². The van der Waals surface area contributed by atoms with Crippen LogP contribution in [0.25, 0.3) is 0 Å². The fraction of sp³-hybridized carbons (Fsp3) is 0.846. The van der Waals surface area contributed by atoms with Crippen LogP contribution in [-0.2, 0) is 9.59 Å². The van der Waals surface area contributed by atoms with Gasteiger partial charge in [-0.1, -0.05) is 82.8 Å². The minimum Gasteiger partial charge on any atom is -0.481 e. The number of carboxylic acid groups (broad SMARTS) is 2. The first-order chi connectivity index (χ1) is 15.5.